The third-order valence-electron chi connectivity index (χ3n) is 4.00. The number of amides is 2. The van der Waals surface area contributed by atoms with Gasteiger partial charge in [-0.1, -0.05) is 12.1 Å². The van der Waals surface area contributed by atoms with Gasteiger partial charge in [0, 0.05) is 26.2 Å². The molecule has 1 aliphatic heterocycles. The van der Waals surface area contributed by atoms with Crippen LogP contribution in [0.2, 0.25) is 0 Å². The molecule has 6 nitrogen and oxygen atoms in total. The molecule has 132 valence electrons. The molecule has 2 amide bonds. The summed E-state index contributed by atoms with van der Waals surface area (Å²) in [7, 11) is 0. The van der Waals surface area contributed by atoms with E-state index in [0.29, 0.717) is 39.2 Å². The Kier molecular flexibility index (Phi) is 7.52. The first-order chi connectivity index (χ1) is 11.6. The molecule has 1 fully saturated rings. The van der Waals surface area contributed by atoms with Crippen molar-refractivity contribution in [3.8, 4) is 5.75 Å². The van der Waals surface area contributed by atoms with Crippen LogP contribution in [0.5, 0.6) is 5.75 Å². The van der Waals surface area contributed by atoms with E-state index in [4.69, 9.17) is 10.5 Å². The minimum absolute atomic E-state index is 0.0117. The first kappa shape index (κ1) is 18.7. The lowest BCUT2D eigenvalue weighted by atomic mass is 9.97. The molecule has 1 aromatic rings. The first-order valence-electron chi connectivity index (χ1n) is 8.24. The van der Waals surface area contributed by atoms with Gasteiger partial charge in [0.15, 0.2) is 0 Å². The fourth-order valence-corrected chi connectivity index (χ4v) is 3.12. The molecule has 1 unspecified atom stereocenters. The maximum atomic E-state index is 12.3. The summed E-state index contributed by atoms with van der Waals surface area (Å²) in [6, 6.07) is 7.54. The largest absolute Gasteiger partial charge is 0.492 e. The third-order valence-corrected chi connectivity index (χ3v) is 4.65. The molecule has 0 saturated carbocycles. The molecular formula is C17H24BrN3O3. The summed E-state index contributed by atoms with van der Waals surface area (Å²) >= 11 is 3.41. The van der Waals surface area contributed by atoms with E-state index in [1.54, 1.807) is 4.90 Å². The number of nitrogens with two attached hydrogens (primary N) is 1. The fraction of sp³-hybridized carbons (Fsp3) is 0.529. The van der Waals surface area contributed by atoms with Crippen molar-refractivity contribution in [2.45, 2.75) is 19.3 Å². The van der Waals surface area contributed by atoms with Gasteiger partial charge in [-0.15, -0.1) is 0 Å². The van der Waals surface area contributed by atoms with E-state index in [-0.39, 0.29) is 17.7 Å². The molecule has 1 aromatic carbocycles. The number of nitrogens with zero attached hydrogens (tertiary/aromatic N) is 1. The van der Waals surface area contributed by atoms with Crippen molar-refractivity contribution in [2.75, 3.05) is 32.8 Å². The van der Waals surface area contributed by atoms with Gasteiger partial charge in [-0.3, -0.25) is 9.59 Å². The van der Waals surface area contributed by atoms with Crippen molar-refractivity contribution < 1.29 is 14.3 Å². The molecule has 1 aliphatic rings. The Morgan fingerprint density at radius 1 is 1.38 bits per heavy atom. The van der Waals surface area contributed by atoms with Crippen LogP contribution in [0.4, 0.5) is 0 Å². The van der Waals surface area contributed by atoms with Gasteiger partial charge in [-0.2, -0.15) is 0 Å². The molecular weight excluding hydrogens is 374 g/mol. The minimum Gasteiger partial charge on any atom is -0.492 e. The molecule has 1 saturated heterocycles. The van der Waals surface area contributed by atoms with Crippen LogP contribution in [-0.4, -0.2) is 49.5 Å². The average molecular weight is 398 g/mol. The molecule has 0 radical (unpaired) electrons. The lowest BCUT2D eigenvalue weighted by molar-refractivity contribution is -0.136. The zero-order valence-electron chi connectivity index (χ0n) is 13.7. The maximum Gasteiger partial charge on any atom is 0.226 e. The fourth-order valence-electron chi connectivity index (χ4n) is 2.73. The van der Waals surface area contributed by atoms with E-state index in [9.17, 15) is 9.59 Å². The van der Waals surface area contributed by atoms with Crippen LogP contribution >= 0.6 is 15.9 Å². The molecule has 0 spiro atoms. The summed E-state index contributed by atoms with van der Waals surface area (Å²) in [4.78, 5) is 26.1. The van der Waals surface area contributed by atoms with Crippen LogP contribution in [0.15, 0.2) is 28.7 Å². The first-order valence-corrected chi connectivity index (χ1v) is 9.04. The summed E-state index contributed by atoms with van der Waals surface area (Å²) in [5, 5.41) is 2.80. The van der Waals surface area contributed by atoms with E-state index in [1.165, 1.54) is 0 Å². The van der Waals surface area contributed by atoms with Crippen LogP contribution in [-0.2, 0) is 9.59 Å². The van der Waals surface area contributed by atoms with Gasteiger partial charge in [0.2, 0.25) is 11.8 Å². The predicted molar refractivity (Wildman–Crippen MR) is 95.6 cm³/mol. The lowest BCUT2D eigenvalue weighted by Crippen LogP contribution is -2.46. The summed E-state index contributed by atoms with van der Waals surface area (Å²) in [6.45, 7) is 2.40. The van der Waals surface area contributed by atoms with Gasteiger partial charge in [0.25, 0.3) is 0 Å². The maximum absolute atomic E-state index is 12.3. The second-order valence-corrected chi connectivity index (χ2v) is 6.64. The van der Waals surface area contributed by atoms with Gasteiger partial charge in [0.1, 0.15) is 5.75 Å². The van der Waals surface area contributed by atoms with Gasteiger partial charge in [0.05, 0.1) is 23.4 Å². The molecule has 3 N–H and O–H groups in total. The van der Waals surface area contributed by atoms with Crippen molar-refractivity contribution in [3.63, 3.8) is 0 Å². The van der Waals surface area contributed by atoms with Gasteiger partial charge < -0.3 is 20.7 Å². The van der Waals surface area contributed by atoms with Crippen LogP contribution in [0.1, 0.15) is 19.3 Å². The highest BCUT2D eigenvalue weighted by Crippen LogP contribution is 2.24. The Hall–Kier alpha value is -1.60. The van der Waals surface area contributed by atoms with Crippen molar-refractivity contribution >= 4 is 27.7 Å². The molecule has 0 bridgehead atoms. The summed E-state index contributed by atoms with van der Waals surface area (Å²) in [6.07, 6.45) is 1.96. The Labute approximate surface area is 150 Å². The number of carbonyl (C=O) groups is 2. The van der Waals surface area contributed by atoms with E-state index in [2.05, 4.69) is 21.2 Å². The second-order valence-electron chi connectivity index (χ2n) is 5.79. The number of hydrogen-bond acceptors (Lipinski definition) is 4. The predicted octanol–water partition coefficient (Wildman–Crippen LogP) is 1.53. The summed E-state index contributed by atoms with van der Waals surface area (Å²) < 4.78 is 6.51. The number of nitrogens with one attached hydrogen (secondary N) is 1. The molecule has 0 aromatic heterocycles. The average Bonchev–Trinajstić information content (AvgIpc) is 2.61. The number of ether oxygens (including phenoxy) is 1. The van der Waals surface area contributed by atoms with Crippen molar-refractivity contribution in [2.24, 2.45) is 11.7 Å². The van der Waals surface area contributed by atoms with Crippen LogP contribution in [0.3, 0.4) is 0 Å². The second kappa shape index (κ2) is 9.64. The summed E-state index contributed by atoms with van der Waals surface area (Å²) in [5.41, 5.74) is 5.40. The molecule has 1 heterocycles. The van der Waals surface area contributed by atoms with Crippen LogP contribution in [0, 0.1) is 5.92 Å². The van der Waals surface area contributed by atoms with E-state index >= 15 is 0 Å². The topological polar surface area (TPSA) is 84.7 Å². The van der Waals surface area contributed by atoms with Crippen molar-refractivity contribution in [1.82, 2.24) is 10.2 Å². The Balaban J connectivity index is 1.77. The Morgan fingerprint density at radius 3 is 2.92 bits per heavy atom. The number of rotatable bonds is 7. The Bertz CT molecular complexity index is 568. The number of piperidine rings is 1. The van der Waals surface area contributed by atoms with E-state index < -0.39 is 0 Å². The monoisotopic (exact) mass is 397 g/mol. The molecule has 7 heteroatoms. The number of hydrogen-bond donors (Lipinski definition) is 2. The van der Waals surface area contributed by atoms with Gasteiger partial charge >= 0.3 is 0 Å². The number of carbonyl (C=O) groups excluding carboxylic acids is 2. The van der Waals surface area contributed by atoms with Crippen LogP contribution in [0.25, 0.3) is 0 Å². The standard InChI is InChI=1S/C17H24BrN3O3/c18-14-5-1-2-6-15(14)24-11-7-16(22)21-10-3-4-13(12-21)17(23)20-9-8-19/h1-2,5-6,13H,3-4,7-12,19H2,(H,20,23). The van der Waals surface area contributed by atoms with Crippen molar-refractivity contribution in [3.05, 3.63) is 28.7 Å². The molecule has 24 heavy (non-hydrogen) atoms. The SMILES string of the molecule is NCCNC(=O)C1CCCN(C(=O)CCOc2ccccc2Br)C1. The van der Waals surface area contributed by atoms with Gasteiger partial charge in [-0.25, -0.2) is 0 Å². The highest BCUT2D eigenvalue weighted by atomic mass is 79.9. The van der Waals surface area contributed by atoms with Crippen molar-refractivity contribution in [1.29, 1.82) is 0 Å². The minimum atomic E-state index is -0.140. The van der Waals surface area contributed by atoms with E-state index in [0.717, 1.165) is 23.1 Å². The lowest BCUT2D eigenvalue weighted by Gasteiger charge is -2.32. The number of benzene rings is 1. The third kappa shape index (κ3) is 5.49. The van der Waals surface area contributed by atoms with Gasteiger partial charge in [-0.05, 0) is 40.9 Å². The highest BCUT2D eigenvalue weighted by Gasteiger charge is 2.27. The number of halogens is 1. The Morgan fingerprint density at radius 2 is 2.17 bits per heavy atom. The molecule has 0 aliphatic carbocycles. The summed E-state index contributed by atoms with van der Waals surface area (Å²) in [5.74, 6) is 0.599. The highest BCUT2D eigenvalue weighted by molar-refractivity contribution is 9.10. The number of para-hydroxylation sites is 1. The normalized spacial score (nSPS) is 17.4. The van der Waals surface area contributed by atoms with E-state index in [1.807, 2.05) is 24.3 Å². The molecule has 1 atom stereocenters. The quantitative estimate of drug-likeness (QED) is 0.730. The zero-order valence-corrected chi connectivity index (χ0v) is 15.3. The number of likely N-dealkylation sites (tertiary alicyclic amines) is 1. The molecule has 2 rings (SSSR count). The zero-order chi connectivity index (χ0) is 17.4. The smallest absolute Gasteiger partial charge is 0.226 e. The van der Waals surface area contributed by atoms with Crippen LogP contribution < -0.4 is 15.8 Å².